The molecule has 1 aliphatic heterocycles. The highest BCUT2D eigenvalue weighted by molar-refractivity contribution is 6.19. The van der Waals surface area contributed by atoms with E-state index in [2.05, 4.69) is 23.7 Å². The zero-order chi connectivity index (χ0) is 15.1. The molecule has 1 aromatic rings. The Morgan fingerprint density at radius 1 is 1.48 bits per heavy atom. The first kappa shape index (κ1) is 16.2. The van der Waals surface area contributed by atoms with E-state index in [9.17, 15) is 0 Å². The largest absolute Gasteiger partial charge is 0.490 e. The van der Waals surface area contributed by atoms with Crippen molar-refractivity contribution in [1.29, 1.82) is 0 Å². The molecule has 0 saturated carbocycles. The van der Waals surface area contributed by atoms with Crippen molar-refractivity contribution < 1.29 is 9.47 Å². The van der Waals surface area contributed by atoms with Gasteiger partial charge in [-0.3, -0.25) is 4.90 Å². The van der Waals surface area contributed by atoms with Gasteiger partial charge >= 0.3 is 0 Å². The average molecular weight is 308 g/mol. The third-order valence-electron chi connectivity index (χ3n) is 3.52. The molecule has 1 aromatic carbocycles. The van der Waals surface area contributed by atoms with E-state index in [1.54, 1.807) is 0 Å². The number of ether oxygens (including phenoxy) is 2. The number of alkyl halides is 1. The van der Waals surface area contributed by atoms with E-state index in [0.29, 0.717) is 12.5 Å². The van der Waals surface area contributed by atoms with Crippen LogP contribution in [0.25, 0.3) is 0 Å². The summed E-state index contributed by atoms with van der Waals surface area (Å²) in [7, 11) is 0. The minimum Gasteiger partial charge on any atom is -0.490 e. The summed E-state index contributed by atoms with van der Waals surface area (Å²) in [6.07, 6.45) is 0.119. The third kappa shape index (κ3) is 4.93. The van der Waals surface area contributed by atoms with Gasteiger partial charge in [0, 0.05) is 13.1 Å². The van der Waals surface area contributed by atoms with Crippen molar-refractivity contribution in [3.63, 3.8) is 0 Å². The Hall–Kier alpha value is -1.21. The molecule has 1 atom stereocenters. The monoisotopic (exact) mass is 307 g/mol. The minimum absolute atomic E-state index is 0.119. The number of hydrogen-bond donors (Lipinski definition) is 0. The number of benzene rings is 1. The van der Waals surface area contributed by atoms with Gasteiger partial charge in [0.25, 0.3) is 0 Å². The number of rotatable bonds is 4. The first-order chi connectivity index (χ1) is 10.2. The number of aryl methyl sites for hydroxylation is 1. The molecule has 1 fully saturated rings. The predicted octanol–water partition coefficient (Wildman–Crippen LogP) is 2.68. The van der Waals surface area contributed by atoms with Crippen LogP contribution in [-0.2, 0) is 4.74 Å². The van der Waals surface area contributed by atoms with Gasteiger partial charge in [0.15, 0.2) is 0 Å². The van der Waals surface area contributed by atoms with Crippen molar-refractivity contribution >= 4 is 11.6 Å². The Morgan fingerprint density at radius 2 is 2.33 bits per heavy atom. The van der Waals surface area contributed by atoms with E-state index >= 15 is 0 Å². The summed E-state index contributed by atoms with van der Waals surface area (Å²) in [5.74, 6) is 7.06. The van der Waals surface area contributed by atoms with E-state index < -0.39 is 0 Å². The minimum atomic E-state index is 0.119. The maximum atomic E-state index is 5.92. The van der Waals surface area contributed by atoms with Crippen molar-refractivity contribution in [3.05, 3.63) is 29.3 Å². The van der Waals surface area contributed by atoms with Crippen LogP contribution in [0.5, 0.6) is 5.75 Å². The quantitative estimate of drug-likeness (QED) is 0.630. The lowest BCUT2D eigenvalue weighted by molar-refractivity contribution is -0.0464. The zero-order valence-electron chi connectivity index (χ0n) is 12.7. The Bertz CT molecular complexity index is 521. The molecule has 4 heteroatoms. The summed E-state index contributed by atoms with van der Waals surface area (Å²) >= 11 is 5.63. The summed E-state index contributed by atoms with van der Waals surface area (Å²) in [5.41, 5.74) is 2.05. The summed E-state index contributed by atoms with van der Waals surface area (Å²) < 4.78 is 11.7. The fourth-order valence-corrected chi connectivity index (χ4v) is 2.41. The second kappa shape index (κ2) is 8.29. The highest BCUT2D eigenvalue weighted by Gasteiger charge is 2.20. The summed E-state index contributed by atoms with van der Waals surface area (Å²) in [6, 6.07) is 6.02. The summed E-state index contributed by atoms with van der Waals surface area (Å²) in [5, 5.41) is 0. The van der Waals surface area contributed by atoms with Crippen LogP contribution in [0, 0.1) is 18.8 Å². The first-order valence-corrected chi connectivity index (χ1v) is 7.88. The van der Waals surface area contributed by atoms with Crippen LogP contribution in [0.1, 0.15) is 18.1 Å². The molecule has 0 N–H and O–H groups in total. The topological polar surface area (TPSA) is 21.7 Å². The standard InChI is InChI=1S/C17H22ClNO2/c1-3-19-9-10-20-16(12-19)13-21-17-7-6-14(2)11-15(17)5-4-8-18/h6-7,11,16H,3,8-10,12-13H2,1-2H3. The van der Waals surface area contributed by atoms with Gasteiger partial charge in [-0.25, -0.2) is 0 Å². The average Bonchev–Trinajstić information content (AvgIpc) is 2.52. The Labute approximate surface area is 132 Å². The highest BCUT2D eigenvalue weighted by atomic mass is 35.5. The van der Waals surface area contributed by atoms with Gasteiger partial charge in [-0.1, -0.05) is 24.8 Å². The van der Waals surface area contributed by atoms with Crippen molar-refractivity contribution in [1.82, 2.24) is 4.90 Å². The van der Waals surface area contributed by atoms with Crippen molar-refractivity contribution in [3.8, 4) is 17.6 Å². The van der Waals surface area contributed by atoms with E-state index in [1.165, 1.54) is 0 Å². The highest BCUT2D eigenvalue weighted by Crippen LogP contribution is 2.20. The Morgan fingerprint density at radius 3 is 3.10 bits per heavy atom. The molecule has 0 radical (unpaired) electrons. The van der Waals surface area contributed by atoms with E-state index in [-0.39, 0.29) is 6.10 Å². The number of likely N-dealkylation sites (N-methyl/N-ethyl adjacent to an activating group) is 1. The van der Waals surface area contributed by atoms with Crippen molar-refractivity contribution in [2.75, 3.05) is 38.7 Å². The molecule has 0 aromatic heterocycles. The molecular formula is C17H22ClNO2. The fourth-order valence-electron chi connectivity index (χ4n) is 2.35. The van der Waals surface area contributed by atoms with Crippen molar-refractivity contribution in [2.45, 2.75) is 20.0 Å². The molecule has 114 valence electrons. The maximum Gasteiger partial charge on any atom is 0.135 e. The lowest BCUT2D eigenvalue weighted by Gasteiger charge is -2.31. The SMILES string of the molecule is CCN1CCOC(COc2ccc(C)cc2C#CCCl)C1. The van der Waals surface area contributed by atoms with Crippen molar-refractivity contribution in [2.24, 2.45) is 0 Å². The van der Waals surface area contributed by atoms with Gasteiger partial charge in [-0.05, 0) is 31.2 Å². The van der Waals surface area contributed by atoms with Crippen LogP contribution in [0.15, 0.2) is 18.2 Å². The van der Waals surface area contributed by atoms with Gasteiger partial charge in [-0.15, -0.1) is 11.6 Å². The molecule has 0 aliphatic carbocycles. The van der Waals surface area contributed by atoms with Gasteiger partial charge in [0.1, 0.15) is 18.5 Å². The van der Waals surface area contributed by atoms with Gasteiger partial charge in [-0.2, -0.15) is 0 Å². The molecule has 1 saturated heterocycles. The Kier molecular flexibility index (Phi) is 6.38. The molecule has 21 heavy (non-hydrogen) atoms. The van der Waals surface area contributed by atoms with Crippen LogP contribution in [0.2, 0.25) is 0 Å². The molecule has 0 spiro atoms. The zero-order valence-corrected chi connectivity index (χ0v) is 13.4. The second-order valence-corrected chi connectivity index (χ2v) is 5.40. The van der Waals surface area contributed by atoms with E-state index in [0.717, 1.165) is 43.1 Å². The second-order valence-electron chi connectivity index (χ2n) is 5.13. The lowest BCUT2D eigenvalue weighted by Crippen LogP contribution is -2.44. The van der Waals surface area contributed by atoms with Gasteiger partial charge in [0.05, 0.1) is 18.1 Å². The molecule has 1 aliphatic rings. The predicted molar refractivity (Wildman–Crippen MR) is 86.1 cm³/mol. The van der Waals surface area contributed by atoms with E-state index in [4.69, 9.17) is 21.1 Å². The van der Waals surface area contributed by atoms with Crippen LogP contribution < -0.4 is 4.74 Å². The molecule has 3 nitrogen and oxygen atoms in total. The van der Waals surface area contributed by atoms with E-state index in [1.807, 2.05) is 25.1 Å². The van der Waals surface area contributed by atoms with Crippen LogP contribution >= 0.6 is 11.6 Å². The molecule has 0 bridgehead atoms. The molecule has 1 unspecified atom stereocenters. The first-order valence-electron chi connectivity index (χ1n) is 7.35. The number of morpholine rings is 1. The summed E-state index contributed by atoms with van der Waals surface area (Å²) in [4.78, 5) is 2.38. The third-order valence-corrected chi connectivity index (χ3v) is 3.65. The van der Waals surface area contributed by atoms with Crippen LogP contribution in [0.4, 0.5) is 0 Å². The van der Waals surface area contributed by atoms with Gasteiger partial charge in [0.2, 0.25) is 0 Å². The van der Waals surface area contributed by atoms with Crippen LogP contribution in [0.3, 0.4) is 0 Å². The molecule has 1 heterocycles. The fraction of sp³-hybridized carbons (Fsp3) is 0.529. The number of nitrogens with zero attached hydrogens (tertiary/aromatic N) is 1. The molecule has 0 amide bonds. The van der Waals surface area contributed by atoms with Crippen LogP contribution in [-0.4, -0.2) is 49.7 Å². The van der Waals surface area contributed by atoms with Gasteiger partial charge < -0.3 is 9.47 Å². The maximum absolute atomic E-state index is 5.92. The number of halogens is 1. The molecular weight excluding hydrogens is 286 g/mol. The number of hydrogen-bond acceptors (Lipinski definition) is 3. The summed E-state index contributed by atoms with van der Waals surface area (Å²) in [6.45, 7) is 8.51. The Balaban J connectivity index is 1.99. The smallest absolute Gasteiger partial charge is 0.135 e. The lowest BCUT2D eigenvalue weighted by atomic mass is 10.1. The normalized spacial score (nSPS) is 18.9. The molecule has 2 rings (SSSR count).